The number of pyridine rings is 1. The fourth-order valence-electron chi connectivity index (χ4n) is 1.64. The second-order valence-electron chi connectivity index (χ2n) is 3.40. The molecule has 1 aromatic carbocycles. The molecule has 0 bridgehead atoms. The normalized spacial score (nSPS) is 10.1. The minimum Gasteiger partial charge on any atom is -0.493 e. The summed E-state index contributed by atoms with van der Waals surface area (Å²) >= 11 is 0. The second-order valence-corrected chi connectivity index (χ2v) is 3.40. The first-order chi connectivity index (χ1) is 8.26. The molecule has 0 radical (unpaired) electrons. The number of methoxy groups -OCH3 is 2. The lowest BCUT2D eigenvalue weighted by atomic mass is 10.1. The van der Waals surface area contributed by atoms with E-state index in [2.05, 4.69) is 4.98 Å². The zero-order valence-corrected chi connectivity index (χ0v) is 9.61. The molecule has 2 rings (SSSR count). The molecule has 0 atom stereocenters. The average Bonchev–Trinajstić information content (AvgIpc) is 2.37. The fraction of sp³-hybridized carbons (Fsp3) is 0.154. The van der Waals surface area contributed by atoms with Crippen molar-refractivity contribution < 1.29 is 13.9 Å². The number of hydrogen-bond acceptors (Lipinski definition) is 3. The van der Waals surface area contributed by atoms with Crippen LogP contribution in [0.1, 0.15) is 0 Å². The Morgan fingerprint density at radius 1 is 1.12 bits per heavy atom. The first-order valence-corrected chi connectivity index (χ1v) is 5.09. The van der Waals surface area contributed by atoms with Crippen molar-refractivity contribution >= 4 is 0 Å². The zero-order valence-electron chi connectivity index (χ0n) is 9.61. The van der Waals surface area contributed by atoms with Crippen LogP contribution in [0.4, 0.5) is 4.39 Å². The summed E-state index contributed by atoms with van der Waals surface area (Å²) in [4.78, 5) is 4.12. The molecule has 0 unspecified atom stereocenters. The number of hydrogen-bond donors (Lipinski definition) is 0. The molecule has 4 heteroatoms. The fourth-order valence-corrected chi connectivity index (χ4v) is 1.64. The molecule has 0 aliphatic carbocycles. The number of halogens is 1. The number of ether oxygens (including phenoxy) is 2. The van der Waals surface area contributed by atoms with Gasteiger partial charge in [0.2, 0.25) is 0 Å². The summed E-state index contributed by atoms with van der Waals surface area (Å²) in [6.45, 7) is 0. The lowest BCUT2D eigenvalue weighted by Crippen LogP contribution is -1.94. The first-order valence-electron chi connectivity index (χ1n) is 5.09. The van der Waals surface area contributed by atoms with Gasteiger partial charge >= 0.3 is 0 Å². The van der Waals surface area contributed by atoms with Crippen molar-refractivity contribution in [3.8, 4) is 22.8 Å². The van der Waals surface area contributed by atoms with Gasteiger partial charge in [-0.05, 0) is 18.2 Å². The van der Waals surface area contributed by atoms with E-state index in [1.54, 1.807) is 20.3 Å². The predicted molar refractivity (Wildman–Crippen MR) is 62.7 cm³/mol. The summed E-state index contributed by atoms with van der Waals surface area (Å²) in [6, 6.07) is 8.06. The van der Waals surface area contributed by atoms with Crippen LogP contribution in [-0.4, -0.2) is 19.2 Å². The third kappa shape index (κ3) is 2.20. The molecule has 0 aliphatic heterocycles. The molecule has 88 valence electrons. The summed E-state index contributed by atoms with van der Waals surface area (Å²) in [6.07, 6.45) is 1.42. The van der Waals surface area contributed by atoms with E-state index in [1.807, 2.05) is 12.1 Å². The molecule has 0 N–H and O–H groups in total. The van der Waals surface area contributed by atoms with Crippen LogP contribution in [0.3, 0.4) is 0 Å². The predicted octanol–water partition coefficient (Wildman–Crippen LogP) is 2.90. The first kappa shape index (κ1) is 11.4. The largest absolute Gasteiger partial charge is 0.493 e. The Hall–Kier alpha value is -2.10. The number of rotatable bonds is 3. The maximum atomic E-state index is 13.2. The van der Waals surface area contributed by atoms with E-state index in [4.69, 9.17) is 9.47 Å². The Kier molecular flexibility index (Phi) is 3.23. The standard InChI is InChI=1S/C13H12FNO2/c1-16-12-5-3-4-10(13(12)17-2)11-8-9(14)6-7-15-11/h3-8H,1-2H3. The van der Waals surface area contributed by atoms with Crippen molar-refractivity contribution in [2.75, 3.05) is 14.2 Å². The minimum atomic E-state index is -0.333. The van der Waals surface area contributed by atoms with Crippen LogP contribution in [0.5, 0.6) is 11.5 Å². The van der Waals surface area contributed by atoms with Crippen molar-refractivity contribution in [1.82, 2.24) is 4.98 Å². The molecular weight excluding hydrogens is 221 g/mol. The van der Waals surface area contributed by atoms with E-state index in [0.717, 1.165) is 0 Å². The van der Waals surface area contributed by atoms with Crippen LogP contribution in [0, 0.1) is 5.82 Å². The summed E-state index contributed by atoms with van der Waals surface area (Å²) in [5, 5.41) is 0. The van der Waals surface area contributed by atoms with Crippen molar-refractivity contribution in [1.29, 1.82) is 0 Å². The van der Waals surface area contributed by atoms with Gasteiger partial charge in [0, 0.05) is 17.8 Å². The third-order valence-electron chi connectivity index (χ3n) is 2.40. The molecule has 1 heterocycles. The topological polar surface area (TPSA) is 31.4 Å². The number of nitrogens with zero attached hydrogens (tertiary/aromatic N) is 1. The lowest BCUT2D eigenvalue weighted by Gasteiger charge is -2.11. The van der Waals surface area contributed by atoms with Crippen LogP contribution in [-0.2, 0) is 0 Å². The highest BCUT2D eigenvalue weighted by Gasteiger charge is 2.12. The Morgan fingerprint density at radius 3 is 2.59 bits per heavy atom. The van der Waals surface area contributed by atoms with Gasteiger partial charge in [0.05, 0.1) is 19.9 Å². The van der Waals surface area contributed by atoms with Crippen molar-refractivity contribution in [3.63, 3.8) is 0 Å². The van der Waals surface area contributed by atoms with Gasteiger partial charge in [-0.2, -0.15) is 0 Å². The summed E-state index contributed by atoms with van der Waals surface area (Å²) < 4.78 is 23.6. The molecule has 0 saturated heterocycles. The third-order valence-corrected chi connectivity index (χ3v) is 2.40. The van der Waals surface area contributed by atoms with Crippen molar-refractivity contribution in [3.05, 3.63) is 42.3 Å². The zero-order chi connectivity index (χ0) is 12.3. The van der Waals surface area contributed by atoms with E-state index in [0.29, 0.717) is 22.8 Å². The summed E-state index contributed by atoms with van der Waals surface area (Å²) in [7, 11) is 3.10. The van der Waals surface area contributed by atoms with Gasteiger partial charge in [-0.1, -0.05) is 6.07 Å². The SMILES string of the molecule is COc1cccc(-c2cc(F)ccn2)c1OC. The van der Waals surface area contributed by atoms with E-state index >= 15 is 0 Å². The van der Waals surface area contributed by atoms with Crippen LogP contribution >= 0.6 is 0 Å². The highest BCUT2D eigenvalue weighted by atomic mass is 19.1. The highest BCUT2D eigenvalue weighted by molar-refractivity contribution is 5.71. The molecule has 0 fully saturated rings. The Bertz CT molecular complexity index is 529. The molecular formula is C13H12FNO2. The van der Waals surface area contributed by atoms with E-state index in [9.17, 15) is 4.39 Å². The maximum Gasteiger partial charge on any atom is 0.170 e. The summed E-state index contributed by atoms with van der Waals surface area (Å²) in [5.41, 5.74) is 1.21. The Labute approximate surface area is 98.8 Å². The molecule has 17 heavy (non-hydrogen) atoms. The van der Waals surface area contributed by atoms with Gasteiger partial charge in [0.15, 0.2) is 11.5 Å². The summed E-state index contributed by atoms with van der Waals surface area (Å²) in [5.74, 6) is 0.809. The van der Waals surface area contributed by atoms with Gasteiger partial charge in [0.25, 0.3) is 0 Å². The Balaban J connectivity index is 2.59. The number of aromatic nitrogens is 1. The highest BCUT2D eigenvalue weighted by Crippen LogP contribution is 2.36. The maximum absolute atomic E-state index is 13.2. The average molecular weight is 233 g/mol. The van der Waals surface area contributed by atoms with Crippen LogP contribution in [0.25, 0.3) is 11.3 Å². The molecule has 3 nitrogen and oxygen atoms in total. The van der Waals surface area contributed by atoms with E-state index in [-0.39, 0.29) is 5.82 Å². The number of para-hydroxylation sites is 1. The van der Waals surface area contributed by atoms with E-state index in [1.165, 1.54) is 18.3 Å². The minimum absolute atomic E-state index is 0.333. The lowest BCUT2D eigenvalue weighted by molar-refractivity contribution is 0.356. The van der Waals surface area contributed by atoms with Crippen LogP contribution in [0.2, 0.25) is 0 Å². The smallest absolute Gasteiger partial charge is 0.170 e. The molecule has 2 aromatic rings. The molecule has 0 saturated carbocycles. The van der Waals surface area contributed by atoms with Crippen LogP contribution < -0.4 is 9.47 Å². The van der Waals surface area contributed by atoms with Gasteiger partial charge in [-0.3, -0.25) is 4.98 Å². The monoisotopic (exact) mass is 233 g/mol. The second kappa shape index (κ2) is 4.82. The molecule has 0 amide bonds. The van der Waals surface area contributed by atoms with Gasteiger partial charge in [-0.15, -0.1) is 0 Å². The van der Waals surface area contributed by atoms with Gasteiger partial charge in [-0.25, -0.2) is 4.39 Å². The van der Waals surface area contributed by atoms with E-state index < -0.39 is 0 Å². The molecule has 1 aromatic heterocycles. The quantitative estimate of drug-likeness (QED) is 0.816. The number of benzene rings is 1. The van der Waals surface area contributed by atoms with Gasteiger partial charge in [0.1, 0.15) is 5.82 Å². The molecule has 0 spiro atoms. The van der Waals surface area contributed by atoms with Crippen molar-refractivity contribution in [2.24, 2.45) is 0 Å². The van der Waals surface area contributed by atoms with Crippen molar-refractivity contribution in [2.45, 2.75) is 0 Å². The Morgan fingerprint density at radius 2 is 1.94 bits per heavy atom. The van der Waals surface area contributed by atoms with Crippen LogP contribution in [0.15, 0.2) is 36.5 Å². The van der Waals surface area contributed by atoms with Gasteiger partial charge < -0.3 is 9.47 Å². The molecule has 0 aliphatic rings.